The third-order valence-electron chi connectivity index (χ3n) is 8.47. The van der Waals surface area contributed by atoms with E-state index >= 15 is 0 Å². The summed E-state index contributed by atoms with van der Waals surface area (Å²) in [6.07, 6.45) is 4.58. The van der Waals surface area contributed by atoms with Gasteiger partial charge in [-0.15, -0.1) is 11.3 Å². The van der Waals surface area contributed by atoms with Crippen LogP contribution in [0.1, 0.15) is 73.1 Å². The van der Waals surface area contributed by atoms with Gasteiger partial charge in [0.2, 0.25) is 5.91 Å². The van der Waals surface area contributed by atoms with Gasteiger partial charge in [0.15, 0.2) is 11.6 Å². The van der Waals surface area contributed by atoms with Gasteiger partial charge in [0.25, 0.3) is 0 Å². The van der Waals surface area contributed by atoms with Gasteiger partial charge in [0.05, 0.1) is 16.9 Å². The lowest BCUT2D eigenvalue weighted by atomic mass is 9.92. The molecule has 2 aromatic heterocycles. The van der Waals surface area contributed by atoms with Crippen LogP contribution >= 0.6 is 11.3 Å². The van der Waals surface area contributed by atoms with Crippen LogP contribution in [0.25, 0.3) is 22.5 Å². The van der Waals surface area contributed by atoms with Crippen molar-refractivity contribution in [3.63, 3.8) is 0 Å². The van der Waals surface area contributed by atoms with Crippen LogP contribution < -0.4 is 4.74 Å². The normalized spacial score (nSPS) is 15.6. The summed E-state index contributed by atoms with van der Waals surface area (Å²) in [6.45, 7) is 12.9. The van der Waals surface area contributed by atoms with Crippen molar-refractivity contribution >= 4 is 29.0 Å². The minimum Gasteiger partial charge on any atom is -0.491 e. The van der Waals surface area contributed by atoms with Crippen LogP contribution in [0.3, 0.4) is 0 Å². The van der Waals surface area contributed by atoms with Gasteiger partial charge in [-0.25, -0.2) is 9.97 Å². The van der Waals surface area contributed by atoms with Crippen molar-refractivity contribution < 1.29 is 24.2 Å². The summed E-state index contributed by atoms with van der Waals surface area (Å²) in [7, 11) is 0. The second kappa shape index (κ2) is 14.2. The van der Waals surface area contributed by atoms with Gasteiger partial charge in [-0.3, -0.25) is 14.4 Å². The third-order valence-corrected chi connectivity index (χ3v) is 10.0. The van der Waals surface area contributed by atoms with Crippen LogP contribution in [-0.2, 0) is 21.4 Å². The number of ketones is 1. The molecule has 1 fully saturated rings. The smallest absolute Gasteiger partial charge is 0.308 e. The number of carbonyl (C=O) groups is 3. The molecule has 9 heteroatoms. The number of Topliss-reactive ketones (excluding diaryl/α,β-unsaturated/α-hetero) is 1. The molecule has 246 valence electrons. The van der Waals surface area contributed by atoms with Crippen molar-refractivity contribution in [3.8, 4) is 28.3 Å². The molecule has 47 heavy (non-hydrogen) atoms. The lowest BCUT2D eigenvalue weighted by Crippen LogP contribution is -2.37. The van der Waals surface area contributed by atoms with E-state index in [9.17, 15) is 19.5 Å². The van der Waals surface area contributed by atoms with Crippen molar-refractivity contribution in [2.24, 2.45) is 11.8 Å². The van der Waals surface area contributed by atoms with Crippen LogP contribution in [0.4, 0.5) is 0 Å². The summed E-state index contributed by atoms with van der Waals surface area (Å²) in [5.41, 5.74) is 4.64. The quantitative estimate of drug-likeness (QED) is 0.166. The Hall–Kier alpha value is -4.37. The van der Waals surface area contributed by atoms with E-state index < -0.39 is 17.8 Å². The Kier molecular flexibility index (Phi) is 10.2. The standard InChI is InChI=1S/C38H43N3O5S/c1-23(2)46-32-12-11-27(17-24(32)3)30-20-39-35(40-21-30)26-9-7-25(8-10-26)18-29(36(43)41-16-15-28(22-41)37(44)45)19-31(42)33-13-14-34(47-33)38(4,5)6/h7-14,17,20-21,23,28-29H,15-16,18-19,22H2,1-6H3,(H,44,45)/t28-,29+/m0/s1. The van der Waals surface area contributed by atoms with E-state index in [0.29, 0.717) is 30.1 Å². The fourth-order valence-electron chi connectivity index (χ4n) is 5.80. The summed E-state index contributed by atoms with van der Waals surface area (Å²) < 4.78 is 5.86. The van der Waals surface area contributed by atoms with Crippen LogP contribution in [0.5, 0.6) is 5.75 Å². The molecule has 1 aliphatic heterocycles. The Labute approximate surface area is 280 Å². The average molecular weight is 654 g/mol. The summed E-state index contributed by atoms with van der Waals surface area (Å²) >= 11 is 1.48. The maximum absolute atomic E-state index is 13.7. The second-order valence-electron chi connectivity index (χ2n) is 13.7. The molecule has 1 saturated heterocycles. The van der Waals surface area contributed by atoms with Gasteiger partial charge in [-0.1, -0.05) is 51.1 Å². The number of hydrogen-bond donors (Lipinski definition) is 1. The number of likely N-dealkylation sites (tertiary alicyclic amines) is 1. The molecule has 0 spiro atoms. The van der Waals surface area contributed by atoms with E-state index in [1.807, 2.05) is 81.7 Å². The topological polar surface area (TPSA) is 110 Å². The Morgan fingerprint density at radius 3 is 2.23 bits per heavy atom. The summed E-state index contributed by atoms with van der Waals surface area (Å²) in [4.78, 5) is 51.3. The molecule has 0 aliphatic carbocycles. The molecule has 1 aliphatic rings. The summed E-state index contributed by atoms with van der Waals surface area (Å²) in [5.74, 6) is -0.856. The van der Waals surface area contributed by atoms with Crippen molar-refractivity contribution in [2.45, 2.75) is 72.3 Å². The van der Waals surface area contributed by atoms with Gasteiger partial charge >= 0.3 is 5.97 Å². The molecule has 1 N–H and O–H groups in total. The van der Waals surface area contributed by atoms with Gasteiger partial charge in [0, 0.05) is 53.8 Å². The third kappa shape index (κ3) is 8.32. The number of carbonyl (C=O) groups excluding carboxylic acids is 2. The molecule has 5 rings (SSSR count). The van der Waals surface area contributed by atoms with E-state index in [0.717, 1.165) is 38.4 Å². The average Bonchev–Trinajstić information content (AvgIpc) is 3.73. The first-order valence-electron chi connectivity index (χ1n) is 16.1. The van der Waals surface area contributed by atoms with E-state index in [1.165, 1.54) is 11.3 Å². The van der Waals surface area contributed by atoms with Crippen LogP contribution in [0.15, 0.2) is 67.0 Å². The molecule has 0 unspecified atom stereocenters. The summed E-state index contributed by atoms with van der Waals surface area (Å²) in [5, 5.41) is 9.48. The fraction of sp³-hybridized carbons (Fsp3) is 0.395. The molecule has 0 saturated carbocycles. The highest BCUT2D eigenvalue weighted by atomic mass is 32.1. The minimum atomic E-state index is -0.892. The number of aliphatic carboxylic acids is 1. The number of ether oxygens (including phenoxy) is 1. The van der Waals surface area contributed by atoms with Crippen LogP contribution in [-0.4, -0.2) is 56.8 Å². The number of aromatic nitrogens is 2. The van der Waals surface area contributed by atoms with E-state index in [4.69, 9.17) is 4.74 Å². The predicted octanol–water partition coefficient (Wildman–Crippen LogP) is 7.63. The van der Waals surface area contributed by atoms with Gasteiger partial charge in [-0.2, -0.15) is 0 Å². The number of thiophene rings is 1. The Bertz CT molecular complexity index is 1740. The molecule has 0 radical (unpaired) electrons. The summed E-state index contributed by atoms with van der Waals surface area (Å²) in [6, 6.07) is 17.6. The number of amides is 1. The molecule has 1 amide bonds. The van der Waals surface area contributed by atoms with Crippen molar-refractivity contribution in [2.75, 3.05) is 13.1 Å². The van der Waals surface area contributed by atoms with E-state index in [-0.39, 0.29) is 36.2 Å². The maximum Gasteiger partial charge on any atom is 0.308 e. The molecule has 4 aromatic rings. The van der Waals surface area contributed by atoms with E-state index in [1.54, 1.807) is 4.90 Å². The molecule has 3 heterocycles. The highest BCUT2D eigenvalue weighted by Gasteiger charge is 2.35. The number of hydrogen-bond acceptors (Lipinski definition) is 7. The zero-order valence-electron chi connectivity index (χ0n) is 27.9. The zero-order valence-corrected chi connectivity index (χ0v) is 28.8. The monoisotopic (exact) mass is 653 g/mol. The van der Waals surface area contributed by atoms with Gasteiger partial charge in [-0.05, 0) is 80.0 Å². The minimum absolute atomic E-state index is 0.0630. The highest BCUT2D eigenvalue weighted by Crippen LogP contribution is 2.32. The van der Waals surface area contributed by atoms with Gasteiger partial charge < -0.3 is 14.7 Å². The Morgan fingerprint density at radius 1 is 0.979 bits per heavy atom. The first kappa shape index (κ1) is 34.0. The van der Waals surface area contributed by atoms with Crippen LogP contribution in [0, 0.1) is 18.8 Å². The fourth-order valence-corrected chi connectivity index (χ4v) is 6.81. The molecular weight excluding hydrogens is 611 g/mol. The predicted molar refractivity (Wildman–Crippen MR) is 185 cm³/mol. The van der Waals surface area contributed by atoms with Crippen molar-refractivity contribution in [1.29, 1.82) is 0 Å². The first-order valence-corrected chi connectivity index (χ1v) is 16.9. The Morgan fingerprint density at radius 2 is 1.66 bits per heavy atom. The first-order chi connectivity index (χ1) is 22.3. The molecular formula is C38H43N3O5S. The largest absolute Gasteiger partial charge is 0.491 e. The molecule has 2 aromatic carbocycles. The van der Waals surface area contributed by atoms with Crippen LogP contribution in [0.2, 0.25) is 0 Å². The van der Waals surface area contributed by atoms with Crippen molar-refractivity contribution in [1.82, 2.24) is 14.9 Å². The lowest BCUT2D eigenvalue weighted by Gasteiger charge is -2.23. The zero-order chi connectivity index (χ0) is 33.9. The molecule has 0 bridgehead atoms. The number of aryl methyl sites for hydroxylation is 1. The SMILES string of the molecule is Cc1cc(-c2cnc(-c3ccc(C[C@H](CC(=O)c4ccc(C(C)(C)C)s4)C(=O)N4CC[C@H](C(=O)O)C4)cc3)nc2)ccc1OC(C)C. The van der Waals surface area contributed by atoms with E-state index in [2.05, 4.69) is 36.8 Å². The number of benzene rings is 2. The highest BCUT2D eigenvalue weighted by molar-refractivity contribution is 7.14. The number of carboxylic acid groups (broad SMARTS) is 1. The lowest BCUT2D eigenvalue weighted by molar-refractivity contribution is -0.141. The number of carboxylic acids is 1. The maximum atomic E-state index is 13.7. The van der Waals surface area contributed by atoms with Gasteiger partial charge in [0.1, 0.15) is 5.75 Å². The number of rotatable bonds is 11. The second-order valence-corrected chi connectivity index (χ2v) is 14.8. The molecule has 8 nitrogen and oxygen atoms in total. The molecule has 2 atom stereocenters. The Balaban J connectivity index is 1.31. The number of nitrogens with zero attached hydrogens (tertiary/aromatic N) is 3. The van der Waals surface area contributed by atoms with Crippen molar-refractivity contribution in [3.05, 3.63) is 87.9 Å².